The number of hydrogen-bond acceptors (Lipinski definition) is 4. The van der Waals surface area contributed by atoms with E-state index in [2.05, 4.69) is 10.6 Å². The second-order valence-corrected chi connectivity index (χ2v) is 3.89. The number of nitrogens with zero attached hydrogens (tertiary/aromatic N) is 1. The maximum atomic E-state index is 11.4. The van der Waals surface area contributed by atoms with Gasteiger partial charge in [0, 0.05) is 5.69 Å². The molecule has 1 atom stereocenters. The van der Waals surface area contributed by atoms with Gasteiger partial charge in [0.25, 0.3) is 0 Å². The lowest BCUT2D eigenvalue weighted by molar-refractivity contribution is -0.140. The Morgan fingerprint density at radius 3 is 2.63 bits per heavy atom. The first-order chi connectivity index (χ1) is 8.97. The highest BCUT2D eigenvalue weighted by Gasteiger charge is 2.18. The van der Waals surface area contributed by atoms with Crippen LogP contribution < -0.4 is 10.6 Å². The van der Waals surface area contributed by atoms with Gasteiger partial charge in [0.2, 0.25) is 0 Å². The molecular formula is C11H10ClN3O4. The number of carboxylic acids is 1. The van der Waals surface area contributed by atoms with Gasteiger partial charge < -0.3 is 20.8 Å². The SMILES string of the molecule is N#Cc1ccc(NC(=O)N[C@@H](CO)C(=O)O)cc1Cl. The summed E-state index contributed by atoms with van der Waals surface area (Å²) >= 11 is 5.77. The maximum Gasteiger partial charge on any atom is 0.328 e. The average Bonchev–Trinajstić information content (AvgIpc) is 2.35. The van der Waals surface area contributed by atoms with Crippen LogP contribution in [-0.4, -0.2) is 34.9 Å². The van der Waals surface area contributed by atoms with Crippen molar-refractivity contribution >= 4 is 29.3 Å². The standard InChI is InChI=1S/C11H10ClN3O4/c12-8-3-7(2-1-6(8)4-13)14-11(19)15-9(5-16)10(17)18/h1-3,9,16H,5H2,(H,17,18)(H2,14,15,19)/t9-/m0/s1. The molecule has 0 fully saturated rings. The first-order valence-electron chi connectivity index (χ1n) is 5.08. The minimum absolute atomic E-state index is 0.164. The summed E-state index contributed by atoms with van der Waals surface area (Å²) in [7, 11) is 0. The number of nitrogens with one attached hydrogen (secondary N) is 2. The van der Waals surface area contributed by atoms with Crippen molar-refractivity contribution in [1.29, 1.82) is 5.26 Å². The van der Waals surface area contributed by atoms with Crippen molar-refractivity contribution in [3.05, 3.63) is 28.8 Å². The highest BCUT2D eigenvalue weighted by Crippen LogP contribution is 2.19. The number of aliphatic carboxylic acids is 1. The Hall–Kier alpha value is -2.30. The molecule has 2 amide bonds. The van der Waals surface area contributed by atoms with Crippen molar-refractivity contribution in [1.82, 2.24) is 5.32 Å². The lowest BCUT2D eigenvalue weighted by Crippen LogP contribution is -2.45. The van der Waals surface area contributed by atoms with Crippen molar-refractivity contribution < 1.29 is 19.8 Å². The number of carboxylic acid groups (broad SMARTS) is 1. The summed E-state index contributed by atoms with van der Waals surface area (Å²) in [5.74, 6) is -1.35. The van der Waals surface area contributed by atoms with E-state index >= 15 is 0 Å². The zero-order chi connectivity index (χ0) is 14.4. The summed E-state index contributed by atoms with van der Waals surface area (Å²) in [4.78, 5) is 22.0. The van der Waals surface area contributed by atoms with Crippen molar-refractivity contribution in [2.75, 3.05) is 11.9 Å². The van der Waals surface area contributed by atoms with E-state index in [0.29, 0.717) is 5.69 Å². The van der Waals surface area contributed by atoms with Crippen LogP contribution >= 0.6 is 11.6 Å². The van der Waals surface area contributed by atoms with Gasteiger partial charge in [0.15, 0.2) is 6.04 Å². The molecule has 0 aliphatic carbocycles. The van der Waals surface area contributed by atoms with Crippen molar-refractivity contribution in [3.63, 3.8) is 0 Å². The van der Waals surface area contributed by atoms with Gasteiger partial charge in [0.05, 0.1) is 17.2 Å². The van der Waals surface area contributed by atoms with Crippen molar-refractivity contribution in [3.8, 4) is 6.07 Å². The van der Waals surface area contributed by atoms with Crippen molar-refractivity contribution in [2.45, 2.75) is 6.04 Å². The van der Waals surface area contributed by atoms with Gasteiger partial charge in [0.1, 0.15) is 6.07 Å². The van der Waals surface area contributed by atoms with Gasteiger partial charge in [-0.05, 0) is 18.2 Å². The third-order valence-electron chi connectivity index (χ3n) is 2.13. The monoisotopic (exact) mass is 283 g/mol. The van der Waals surface area contributed by atoms with Crippen LogP contribution in [0.2, 0.25) is 5.02 Å². The second-order valence-electron chi connectivity index (χ2n) is 3.48. The van der Waals surface area contributed by atoms with E-state index in [0.717, 1.165) is 0 Å². The van der Waals surface area contributed by atoms with Crippen LogP contribution in [0.15, 0.2) is 18.2 Å². The summed E-state index contributed by atoms with van der Waals surface area (Å²) in [6, 6.07) is 3.88. The number of halogens is 1. The Kier molecular flexibility index (Phi) is 5.11. The minimum Gasteiger partial charge on any atom is -0.480 e. The van der Waals surface area contributed by atoms with E-state index in [-0.39, 0.29) is 10.6 Å². The fourth-order valence-corrected chi connectivity index (χ4v) is 1.42. The Labute approximate surface area is 113 Å². The van der Waals surface area contributed by atoms with E-state index in [9.17, 15) is 9.59 Å². The predicted octanol–water partition coefficient (Wildman–Crippen LogP) is 0.779. The van der Waals surface area contributed by atoms with E-state index in [1.165, 1.54) is 18.2 Å². The maximum absolute atomic E-state index is 11.4. The predicted molar refractivity (Wildman–Crippen MR) is 66.8 cm³/mol. The van der Waals surface area contributed by atoms with Crippen LogP contribution in [0.5, 0.6) is 0 Å². The first kappa shape index (κ1) is 14.8. The molecule has 0 aliphatic heterocycles. The number of aliphatic hydroxyl groups excluding tert-OH is 1. The van der Waals surface area contributed by atoms with Gasteiger partial charge in [-0.1, -0.05) is 11.6 Å². The highest BCUT2D eigenvalue weighted by molar-refractivity contribution is 6.32. The molecule has 1 rings (SSSR count). The van der Waals surface area contributed by atoms with Gasteiger partial charge in [-0.25, -0.2) is 9.59 Å². The lowest BCUT2D eigenvalue weighted by atomic mass is 10.2. The molecule has 0 aromatic heterocycles. The molecule has 0 unspecified atom stereocenters. The van der Waals surface area contributed by atoms with Gasteiger partial charge in [-0.2, -0.15) is 5.26 Å². The number of anilines is 1. The number of urea groups is 1. The number of rotatable bonds is 4. The third kappa shape index (κ3) is 4.13. The van der Waals surface area contributed by atoms with E-state index in [1.807, 2.05) is 6.07 Å². The van der Waals surface area contributed by atoms with E-state index in [1.54, 1.807) is 0 Å². The summed E-state index contributed by atoms with van der Waals surface area (Å²) < 4.78 is 0. The smallest absolute Gasteiger partial charge is 0.328 e. The summed E-state index contributed by atoms with van der Waals surface area (Å²) in [6.07, 6.45) is 0. The zero-order valence-corrected chi connectivity index (χ0v) is 10.3. The molecule has 0 bridgehead atoms. The van der Waals surface area contributed by atoms with E-state index in [4.69, 9.17) is 27.1 Å². The summed E-state index contributed by atoms with van der Waals surface area (Å²) in [6.45, 7) is -0.725. The number of carbonyl (C=O) groups is 2. The number of nitriles is 1. The van der Waals surface area contributed by atoms with Gasteiger partial charge >= 0.3 is 12.0 Å². The summed E-state index contributed by atoms with van der Waals surface area (Å²) in [5, 5.41) is 30.6. The number of aliphatic hydroxyl groups is 1. The first-order valence-corrected chi connectivity index (χ1v) is 5.46. The molecule has 1 aromatic carbocycles. The molecule has 0 heterocycles. The molecule has 8 heteroatoms. The van der Waals surface area contributed by atoms with Crippen LogP contribution in [0.25, 0.3) is 0 Å². The van der Waals surface area contributed by atoms with Crippen molar-refractivity contribution in [2.24, 2.45) is 0 Å². The number of benzene rings is 1. The van der Waals surface area contributed by atoms with Crippen LogP contribution in [0.4, 0.5) is 10.5 Å². The lowest BCUT2D eigenvalue weighted by Gasteiger charge is -2.12. The van der Waals surface area contributed by atoms with Crippen LogP contribution in [0.1, 0.15) is 5.56 Å². The van der Waals surface area contributed by atoms with Gasteiger partial charge in [-0.15, -0.1) is 0 Å². The fraction of sp³-hybridized carbons (Fsp3) is 0.182. The molecule has 7 nitrogen and oxygen atoms in total. The number of amides is 2. The normalized spacial score (nSPS) is 11.2. The van der Waals surface area contributed by atoms with Crippen LogP contribution in [0, 0.1) is 11.3 Å². The number of hydrogen-bond donors (Lipinski definition) is 4. The summed E-state index contributed by atoms with van der Waals surface area (Å²) in [5.41, 5.74) is 0.551. The van der Waals surface area contributed by atoms with Crippen LogP contribution in [-0.2, 0) is 4.79 Å². The molecule has 100 valence electrons. The molecule has 1 aromatic rings. The minimum atomic E-state index is -1.39. The average molecular weight is 284 g/mol. The largest absolute Gasteiger partial charge is 0.480 e. The number of carbonyl (C=O) groups excluding carboxylic acids is 1. The third-order valence-corrected chi connectivity index (χ3v) is 2.45. The van der Waals surface area contributed by atoms with Gasteiger partial charge in [-0.3, -0.25) is 0 Å². The Morgan fingerprint density at radius 2 is 2.16 bits per heavy atom. The van der Waals surface area contributed by atoms with Crippen LogP contribution in [0.3, 0.4) is 0 Å². The molecular weight excluding hydrogens is 274 g/mol. The topological polar surface area (TPSA) is 122 Å². The zero-order valence-electron chi connectivity index (χ0n) is 9.55. The Bertz CT molecular complexity index is 541. The quantitative estimate of drug-likeness (QED) is 0.650. The molecule has 0 radical (unpaired) electrons. The molecule has 0 aliphatic rings. The second kappa shape index (κ2) is 6.58. The molecule has 0 saturated carbocycles. The Balaban J connectivity index is 2.70. The molecule has 4 N–H and O–H groups in total. The van der Waals surface area contributed by atoms with E-state index < -0.39 is 24.6 Å². The highest BCUT2D eigenvalue weighted by atomic mass is 35.5. The molecule has 19 heavy (non-hydrogen) atoms. The molecule has 0 saturated heterocycles. The fourth-order valence-electron chi connectivity index (χ4n) is 1.19. The Morgan fingerprint density at radius 1 is 1.47 bits per heavy atom. The molecule has 0 spiro atoms.